The number of para-hydroxylation sites is 1. The van der Waals surface area contributed by atoms with Crippen LogP contribution in [-0.2, 0) is 16.4 Å². The van der Waals surface area contributed by atoms with Crippen LogP contribution >= 0.6 is 0 Å². The Kier molecular flexibility index (Phi) is 5.28. The number of aromatic amines is 1. The van der Waals surface area contributed by atoms with Crippen LogP contribution in [0.3, 0.4) is 0 Å². The van der Waals surface area contributed by atoms with Crippen LogP contribution in [0.2, 0.25) is 0 Å². The average molecular weight is 404 g/mol. The number of aryl methyl sites for hydroxylation is 2. The van der Waals surface area contributed by atoms with Gasteiger partial charge in [-0.2, -0.15) is 0 Å². The molecule has 0 unspecified atom stereocenters. The third-order valence-electron chi connectivity index (χ3n) is 4.34. The Balaban J connectivity index is 1.74. The van der Waals surface area contributed by atoms with E-state index in [0.29, 0.717) is 17.7 Å². The van der Waals surface area contributed by atoms with Crippen molar-refractivity contribution >= 4 is 20.7 Å². The van der Waals surface area contributed by atoms with Gasteiger partial charge in [0.1, 0.15) is 17.0 Å². The highest BCUT2D eigenvalue weighted by Gasteiger charge is 2.12. The van der Waals surface area contributed by atoms with Gasteiger partial charge in [-0.3, -0.25) is 14.3 Å². The van der Waals surface area contributed by atoms with Crippen molar-refractivity contribution in [3.8, 4) is 11.5 Å². The minimum Gasteiger partial charge on any atom is -0.506 e. The first kappa shape index (κ1) is 19.7. The van der Waals surface area contributed by atoms with Crippen molar-refractivity contribution in [1.82, 2.24) is 9.55 Å². The van der Waals surface area contributed by atoms with Crippen molar-refractivity contribution in [2.75, 3.05) is 12.9 Å². The zero-order chi connectivity index (χ0) is 20.5. The van der Waals surface area contributed by atoms with Crippen LogP contribution in [0.25, 0.3) is 10.9 Å². The number of benzene rings is 2. The summed E-state index contributed by atoms with van der Waals surface area (Å²) in [4.78, 5) is 26.5. The van der Waals surface area contributed by atoms with Crippen molar-refractivity contribution in [2.24, 2.45) is 0 Å². The van der Waals surface area contributed by atoms with Crippen molar-refractivity contribution in [3.05, 3.63) is 62.8 Å². The summed E-state index contributed by atoms with van der Waals surface area (Å²) in [5.41, 5.74) is -0.380. The minimum atomic E-state index is -3.29. The fourth-order valence-corrected chi connectivity index (χ4v) is 4.04. The van der Waals surface area contributed by atoms with Gasteiger partial charge in [0, 0.05) is 12.8 Å². The molecule has 3 rings (SSSR count). The highest BCUT2D eigenvalue weighted by molar-refractivity contribution is 7.90. The largest absolute Gasteiger partial charge is 0.506 e. The Hall–Kier alpha value is -3.07. The number of rotatable bonds is 6. The Morgan fingerprint density at radius 3 is 2.61 bits per heavy atom. The van der Waals surface area contributed by atoms with Crippen molar-refractivity contribution < 1.29 is 18.3 Å². The van der Waals surface area contributed by atoms with Crippen LogP contribution < -0.4 is 16.0 Å². The van der Waals surface area contributed by atoms with Crippen molar-refractivity contribution in [2.45, 2.75) is 24.8 Å². The molecule has 148 valence electrons. The molecule has 2 aromatic carbocycles. The van der Waals surface area contributed by atoms with E-state index in [4.69, 9.17) is 4.74 Å². The third-order valence-corrected chi connectivity index (χ3v) is 5.59. The molecule has 8 nitrogen and oxygen atoms in total. The Bertz CT molecular complexity index is 1260. The first-order chi connectivity index (χ1) is 13.2. The summed E-state index contributed by atoms with van der Waals surface area (Å²) in [6, 6.07) is 9.21. The summed E-state index contributed by atoms with van der Waals surface area (Å²) < 4.78 is 30.2. The first-order valence-electron chi connectivity index (χ1n) is 8.57. The summed E-state index contributed by atoms with van der Waals surface area (Å²) in [6.07, 6.45) is 1.58. The van der Waals surface area contributed by atoms with Gasteiger partial charge < -0.3 is 9.84 Å². The highest BCUT2D eigenvalue weighted by atomic mass is 32.2. The van der Waals surface area contributed by atoms with Gasteiger partial charge in [0.25, 0.3) is 5.56 Å². The maximum Gasteiger partial charge on any atom is 0.328 e. The Morgan fingerprint density at radius 2 is 1.93 bits per heavy atom. The summed E-state index contributed by atoms with van der Waals surface area (Å²) in [5.74, 6) is 0.375. The molecule has 0 aliphatic carbocycles. The second kappa shape index (κ2) is 7.51. The summed E-state index contributed by atoms with van der Waals surface area (Å²) >= 11 is 0. The quantitative estimate of drug-likeness (QED) is 0.602. The van der Waals surface area contributed by atoms with Gasteiger partial charge in [-0.1, -0.05) is 6.07 Å². The molecule has 0 saturated heterocycles. The molecule has 0 amide bonds. The molecular weight excluding hydrogens is 384 g/mol. The van der Waals surface area contributed by atoms with E-state index in [9.17, 15) is 23.1 Å². The zero-order valence-electron chi connectivity index (χ0n) is 15.4. The molecule has 0 aliphatic rings. The molecule has 3 aromatic rings. The standard InChI is InChI=1S/C19H20N2O6S/c1-12-11-13(7-8-16(12)28(2,25)26)27-10-4-9-21-17-14(5-3-6-15(17)22)18(23)20-19(21)24/h3,5-8,11,22H,4,9-10H2,1-2H3,(H,20,23,24). The van der Waals surface area contributed by atoms with E-state index >= 15 is 0 Å². The number of ether oxygens (including phenoxy) is 1. The molecule has 0 saturated carbocycles. The first-order valence-corrected chi connectivity index (χ1v) is 10.5. The monoisotopic (exact) mass is 404 g/mol. The second-order valence-electron chi connectivity index (χ2n) is 6.49. The maximum atomic E-state index is 12.1. The molecule has 1 aromatic heterocycles. The summed E-state index contributed by atoms with van der Waals surface area (Å²) in [5, 5.41) is 10.3. The van der Waals surface area contributed by atoms with Gasteiger partial charge in [0.15, 0.2) is 9.84 Å². The molecule has 0 spiro atoms. The number of hydrogen-bond acceptors (Lipinski definition) is 6. The lowest BCUT2D eigenvalue weighted by Gasteiger charge is -2.12. The van der Waals surface area contributed by atoms with Crippen LogP contribution in [0.4, 0.5) is 0 Å². The molecule has 2 N–H and O–H groups in total. The molecule has 9 heteroatoms. The predicted molar refractivity (Wildman–Crippen MR) is 105 cm³/mol. The number of sulfone groups is 1. The van der Waals surface area contributed by atoms with Gasteiger partial charge in [-0.15, -0.1) is 0 Å². The Morgan fingerprint density at radius 1 is 1.18 bits per heavy atom. The maximum absolute atomic E-state index is 12.1. The lowest BCUT2D eigenvalue weighted by atomic mass is 10.2. The van der Waals surface area contributed by atoms with Crippen molar-refractivity contribution in [3.63, 3.8) is 0 Å². The van der Waals surface area contributed by atoms with E-state index < -0.39 is 21.1 Å². The highest BCUT2D eigenvalue weighted by Crippen LogP contribution is 2.22. The van der Waals surface area contributed by atoms with E-state index in [0.717, 1.165) is 6.26 Å². The summed E-state index contributed by atoms with van der Waals surface area (Å²) in [6.45, 7) is 2.18. The van der Waals surface area contributed by atoms with E-state index in [1.165, 1.54) is 28.8 Å². The molecule has 1 heterocycles. The lowest BCUT2D eigenvalue weighted by molar-refractivity contribution is 0.301. The molecule has 28 heavy (non-hydrogen) atoms. The van der Waals surface area contributed by atoms with E-state index in [1.54, 1.807) is 19.1 Å². The van der Waals surface area contributed by atoms with Gasteiger partial charge in [-0.05, 0) is 49.2 Å². The minimum absolute atomic E-state index is 0.145. The average Bonchev–Trinajstić information content (AvgIpc) is 2.60. The molecule has 0 aliphatic heterocycles. The lowest BCUT2D eigenvalue weighted by Crippen LogP contribution is -2.30. The van der Waals surface area contributed by atoms with Crippen LogP contribution in [0.1, 0.15) is 12.0 Å². The number of aromatic hydroxyl groups is 1. The van der Waals surface area contributed by atoms with Crippen LogP contribution in [-0.4, -0.2) is 35.9 Å². The van der Waals surface area contributed by atoms with E-state index in [2.05, 4.69) is 4.98 Å². The number of nitrogens with zero attached hydrogens (tertiary/aromatic N) is 1. The molecule has 0 bridgehead atoms. The SMILES string of the molecule is Cc1cc(OCCCn2c(=O)[nH]c(=O)c3cccc(O)c32)ccc1S(C)(=O)=O. The fraction of sp³-hybridized carbons (Fsp3) is 0.263. The molecule has 0 atom stereocenters. The van der Waals surface area contributed by atoms with E-state index in [-0.39, 0.29) is 34.7 Å². The van der Waals surface area contributed by atoms with Gasteiger partial charge in [-0.25, -0.2) is 13.2 Å². The topological polar surface area (TPSA) is 118 Å². The predicted octanol–water partition coefficient (Wildman–Crippen LogP) is 1.58. The van der Waals surface area contributed by atoms with Crippen LogP contribution in [0, 0.1) is 6.92 Å². The second-order valence-corrected chi connectivity index (χ2v) is 8.47. The molecule has 0 radical (unpaired) electrons. The number of H-pyrrole nitrogens is 1. The smallest absolute Gasteiger partial charge is 0.328 e. The number of nitrogens with one attached hydrogen (secondary N) is 1. The van der Waals surface area contributed by atoms with E-state index in [1.807, 2.05) is 0 Å². The van der Waals surface area contributed by atoms with Gasteiger partial charge >= 0.3 is 5.69 Å². The number of phenolic OH excluding ortho intramolecular Hbond substituents is 1. The zero-order valence-corrected chi connectivity index (χ0v) is 16.2. The third kappa shape index (κ3) is 3.94. The Labute approximate surface area is 161 Å². The van der Waals surface area contributed by atoms with Gasteiger partial charge in [0.05, 0.1) is 16.9 Å². The summed E-state index contributed by atoms with van der Waals surface area (Å²) in [7, 11) is -3.29. The number of phenols is 1. The number of fused-ring (bicyclic) bond motifs is 1. The van der Waals surface area contributed by atoms with Crippen LogP contribution in [0.15, 0.2) is 50.9 Å². The van der Waals surface area contributed by atoms with Crippen molar-refractivity contribution in [1.29, 1.82) is 0 Å². The number of aromatic nitrogens is 2. The molecule has 0 fully saturated rings. The molecular formula is C19H20N2O6S. The fourth-order valence-electron chi connectivity index (χ4n) is 3.09. The van der Waals surface area contributed by atoms with Gasteiger partial charge in [0.2, 0.25) is 0 Å². The van der Waals surface area contributed by atoms with Crippen LogP contribution in [0.5, 0.6) is 11.5 Å². The number of hydrogen-bond donors (Lipinski definition) is 2. The normalized spacial score (nSPS) is 11.6.